The second kappa shape index (κ2) is 6.55. The first-order valence-corrected chi connectivity index (χ1v) is 8.20. The van der Waals surface area contributed by atoms with Crippen LogP contribution in [0.25, 0.3) is 0 Å². The number of carbonyl (C=O) groups is 1. The molecule has 0 aliphatic carbocycles. The molecular weight excluding hydrogens is 356 g/mol. The molecule has 4 rings (SSSR count). The van der Waals surface area contributed by atoms with Crippen molar-refractivity contribution in [1.82, 2.24) is 0 Å². The molecule has 2 aromatic carbocycles. The summed E-state index contributed by atoms with van der Waals surface area (Å²) in [5, 5.41) is 10.6. The zero-order valence-corrected chi connectivity index (χ0v) is 15.0. The zero-order valence-electron chi connectivity index (χ0n) is 15.0. The highest BCUT2D eigenvalue weighted by atomic mass is 16.7. The van der Waals surface area contributed by atoms with Crippen molar-refractivity contribution in [3.63, 3.8) is 0 Å². The summed E-state index contributed by atoms with van der Waals surface area (Å²) in [5.74, 6) is 1.60. The highest BCUT2D eigenvalue weighted by Crippen LogP contribution is 2.49. The topological polar surface area (TPSA) is 92.7 Å². The Morgan fingerprint density at radius 3 is 2.41 bits per heavy atom. The van der Waals surface area contributed by atoms with Crippen molar-refractivity contribution < 1.29 is 38.3 Å². The molecule has 0 unspecified atom stereocenters. The van der Waals surface area contributed by atoms with Crippen LogP contribution in [0.4, 0.5) is 0 Å². The molecule has 2 atom stereocenters. The zero-order chi connectivity index (χ0) is 19.1. The van der Waals surface area contributed by atoms with Crippen LogP contribution in [0.1, 0.15) is 22.0 Å². The third kappa shape index (κ3) is 2.60. The molecule has 2 aliphatic rings. The van der Waals surface area contributed by atoms with Crippen LogP contribution < -0.4 is 28.4 Å². The molecule has 0 amide bonds. The van der Waals surface area contributed by atoms with E-state index < -0.39 is 18.0 Å². The molecule has 2 aliphatic heterocycles. The Bertz CT molecular complexity index is 907. The maximum absolute atomic E-state index is 12.9. The van der Waals surface area contributed by atoms with Crippen molar-refractivity contribution in [2.45, 2.75) is 12.2 Å². The van der Waals surface area contributed by atoms with Gasteiger partial charge in [0.2, 0.25) is 18.3 Å². The van der Waals surface area contributed by atoms with Crippen molar-refractivity contribution in [2.75, 3.05) is 28.1 Å². The molecule has 2 heterocycles. The number of benzene rings is 2. The number of fused-ring (bicyclic) bond motifs is 2. The number of aliphatic hydroxyl groups excluding tert-OH is 1. The van der Waals surface area contributed by atoms with Crippen LogP contribution in [0.15, 0.2) is 24.3 Å². The van der Waals surface area contributed by atoms with Gasteiger partial charge in [-0.25, -0.2) is 0 Å². The first-order chi connectivity index (χ1) is 13.1. The Hall–Kier alpha value is -3.13. The van der Waals surface area contributed by atoms with Gasteiger partial charge in [0, 0.05) is 6.07 Å². The Morgan fingerprint density at radius 1 is 0.963 bits per heavy atom. The molecule has 0 saturated carbocycles. The molecule has 0 fully saturated rings. The van der Waals surface area contributed by atoms with E-state index in [0.717, 1.165) is 0 Å². The van der Waals surface area contributed by atoms with E-state index in [1.54, 1.807) is 24.3 Å². The third-order valence-electron chi connectivity index (χ3n) is 4.57. The van der Waals surface area contributed by atoms with Crippen molar-refractivity contribution in [3.8, 4) is 34.5 Å². The van der Waals surface area contributed by atoms with Crippen LogP contribution >= 0.6 is 0 Å². The molecule has 2 aromatic rings. The number of Topliss-reactive ketones (excluding diaryl/α,β-unsaturated/α-hetero) is 1. The summed E-state index contributed by atoms with van der Waals surface area (Å²) in [4.78, 5) is 12.9. The maximum Gasteiger partial charge on any atom is 0.231 e. The lowest BCUT2D eigenvalue weighted by molar-refractivity contribution is 0.0208. The first kappa shape index (κ1) is 17.3. The van der Waals surface area contributed by atoms with Gasteiger partial charge in [0.15, 0.2) is 35.2 Å². The number of aliphatic hydroxyl groups is 1. The summed E-state index contributed by atoms with van der Waals surface area (Å²) >= 11 is 0. The first-order valence-electron chi connectivity index (χ1n) is 8.20. The summed E-state index contributed by atoms with van der Waals surface area (Å²) in [6.45, 7) is 0.128. The van der Waals surface area contributed by atoms with Gasteiger partial charge in [0.25, 0.3) is 0 Å². The highest BCUT2D eigenvalue weighted by Gasteiger charge is 2.41. The molecule has 0 spiro atoms. The molecule has 0 radical (unpaired) electrons. The fourth-order valence-corrected chi connectivity index (χ4v) is 3.29. The monoisotopic (exact) mass is 374 g/mol. The Balaban J connectivity index is 1.81. The van der Waals surface area contributed by atoms with Gasteiger partial charge < -0.3 is 33.5 Å². The van der Waals surface area contributed by atoms with E-state index in [2.05, 4.69) is 0 Å². The Kier molecular flexibility index (Phi) is 4.19. The van der Waals surface area contributed by atoms with E-state index in [-0.39, 0.29) is 29.6 Å². The smallest absolute Gasteiger partial charge is 0.231 e. The minimum absolute atomic E-state index is 0.111. The molecule has 27 heavy (non-hydrogen) atoms. The molecule has 142 valence electrons. The van der Waals surface area contributed by atoms with Crippen LogP contribution in [0.5, 0.6) is 34.5 Å². The van der Waals surface area contributed by atoms with Gasteiger partial charge in [0.05, 0.1) is 21.3 Å². The van der Waals surface area contributed by atoms with Gasteiger partial charge in [-0.3, -0.25) is 4.79 Å². The third-order valence-corrected chi connectivity index (χ3v) is 4.57. The van der Waals surface area contributed by atoms with Crippen LogP contribution in [0.2, 0.25) is 0 Å². The number of rotatable bonds is 4. The van der Waals surface area contributed by atoms with Gasteiger partial charge in [-0.05, 0) is 17.7 Å². The van der Waals surface area contributed by atoms with Crippen molar-refractivity contribution in [2.24, 2.45) is 0 Å². The van der Waals surface area contributed by atoms with Crippen molar-refractivity contribution >= 4 is 5.78 Å². The van der Waals surface area contributed by atoms with Crippen LogP contribution in [0, 0.1) is 0 Å². The standard InChI is InChI=1S/C19H18O8/c1-22-13-7-12-14(19(24-3)18(13)23-2)15(20)16(21)17(27-12)9-4-5-10-11(6-9)26-8-25-10/h4-7,16-17,21H,8H2,1-3H3/t16-,17-/m0/s1. The van der Waals surface area contributed by atoms with Gasteiger partial charge in [-0.15, -0.1) is 0 Å². The number of ketones is 1. The lowest BCUT2D eigenvalue weighted by atomic mass is 9.92. The molecule has 0 aromatic heterocycles. The molecule has 8 nitrogen and oxygen atoms in total. The Labute approximate surface area is 155 Å². The summed E-state index contributed by atoms with van der Waals surface area (Å²) in [7, 11) is 4.31. The van der Waals surface area contributed by atoms with Crippen LogP contribution in [-0.2, 0) is 0 Å². The molecular formula is C19H18O8. The summed E-state index contributed by atoms with van der Waals surface area (Å²) in [6, 6.07) is 6.66. The predicted octanol–water partition coefficient (Wildman–Crippen LogP) is 2.12. The van der Waals surface area contributed by atoms with E-state index in [1.807, 2.05) is 0 Å². The molecule has 8 heteroatoms. The average Bonchev–Trinajstić information content (AvgIpc) is 3.16. The lowest BCUT2D eigenvalue weighted by Crippen LogP contribution is -2.36. The Morgan fingerprint density at radius 2 is 1.70 bits per heavy atom. The van der Waals surface area contributed by atoms with Crippen molar-refractivity contribution in [3.05, 3.63) is 35.4 Å². The average molecular weight is 374 g/mol. The summed E-state index contributed by atoms with van der Waals surface area (Å²) in [5.41, 5.74) is 0.694. The number of ether oxygens (including phenoxy) is 6. The van der Waals surface area contributed by atoms with E-state index in [1.165, 1.54) is 21.3 Å². The summed E-state index contributed by atoms with van der Waals surface area (Å²) in [6.07, 6.45) is -2.34. The van der Waals surface area contributed by atoms with Crippen molar-refractivity contribution in [1.29, 1.82) is 0 Å². The minimum atomic E-state index is -1.43. The largest absolute Gasteiger partial charge is 0.493 e. The second-order valence-electron chi connectivity index (χ2n) is 5.98. The fraction of sp³-hybridized carbons (Fsp3) is 0.316. The minimum Gasteiger partial charge on any atom is -0.493 e. The van der Waals surface area contributed by atoms with Crippen LogP contribution in [0.3, 0.4) is 0 Å². The lowest BCUT2D eigenvalue weighted by Gasteiger charge is -2.31. The van der Waals surface area contributed by atoms with E-state index in [4.69, 9.17) is 28.4 Å². The van der Waals surface area contributed by atoms with Gasteiger partial charge >= 0.3 is 0 Å². The molecule has 0 bridgehead atoms. The summed E-state index contributed by atoms with van der Waals surface area (Å²) < 4.78 is 32.6. The second-order valence-corrected chi connectivity index (χ2v) is 5.98. The molecule has 1 N–H and O–H groups in total. The fourth-order valence-electron chi connectivity index (χ4n) is 3.29. The van der Waals surface area contributed by atoms with Crippen LogP contribution in [-0.4, -0.2) is 45.1 Å². The van der Waals surface area contributed by atoms with E-state index in [9.17, 15) is 9.90 Å². The number of hydrogen-bond donors (Lipinski definition) is 1. The van der Waals surface area contributed by atoms with E-state index in [0.29, 0.717) is 22.8 Å². The highest BCUT2D eigenvalue weighted by molar-refractivity contribution is 6.06. The predicted molar refractivity (Wildman–Crippen MR) is 92.4 cm³/mol. The van der Waals surface area contributed by atoms with Gasteiger partial charge in [-0.1, -0.05) is 6.07 Å². The number of carbonyl (C=O) groups excluding carboxylic acids is 1. The molecule has 0 saturated heterocycles. The maximum atomic E-state index is 12.9. The SMILES string of the molecule is COc1cc2c(c(OC)c1OC)C(=O)[C@H](O)[C@H](c1ccc3c(c1)OCO3)O2. The van der Waals surface area contributed by atoms with Gasteiger partial charge in [0.1, 0.15) is 11.3 Å². The quantitative estimate of drug-likeness (QED) is 0.870. The number of hydrogen-bond acceptors (Lipinski definition) is 8. The normalized spacial score (nSPS) is 19.9. The number of methoxy groups -OCH3 is 3. The van der Waals surface area contributed by atoms with E-state index >= 15 is 0 Å². The van der Waals surface area contributed by atoms with Gasteiger partial charge in [-0.2, -0.15) is 0 Å².